The third-order valence-electron chi connectivity index (χ3n) is 4.12. The molecule has 12 heteroatoms. The Balaban J connectivity index is 1.67. The number of anilines is 1. The number of nitrogens with one attached hydrogen (secondary N) is 2. The maximum Gasteiger partial charge on any atom is 0.262 e. The standard InChI is InChI=1S/C19H19N3O6S3/c1-28-17-5-3-2-4-16(17)22-31(26,27)15-9-6-13(7-10-15)19(23)21-12-14-8-11-18(29-14)30(20,24)25/h2-11,22H,12H2,1H3,(H,21,23)(H2,20,24,25). The highest BCUT2D eigenvalue weighted by atomic mass is 32.2. The second kappa shape index (κ2) is 9.06. The lowest BCUT2D eigenvalue weighted by molar-refractivity contribution is 0.0951. The smallest absolute Gasteiger partial charge is 0.262 e. The molecule has 0 unspecified atom stereocenters. The lowest BCUT2D eigenvalue weighted by Gasteiger charge is -2.12. The number of amides is 1. The average molecular weight is 482 g/mol. The summed E-state index contributed by atoms with van der Waals surface area (Å²) in [4.78, 5) is 12.9. The third-order valence-corrected chi connectivity index (χ3v) is 8.02. The topological polar surface area (TPSA) is 145 Å². The van der Waals surface area contributed by atoms with E-state index in [0.29, 0.717) is 16.3 Å². The molecule has 3 aromatic rings. The maximum atomic E-state index is 12.6. The predicted octanol–water partition coefficient (Wildman–Crippen LogP) is 2.13. The molecule has 0 saturated heterocycles. The lowest BCUT2D eigenvalue weighted by atomic mass is 10.2. The van der Waals surface area contributed by atoms with E-state index in [-0.39, 0.29) is 21.2 Å². The van der Waals surface area contributed by atoms with Crippen LogP contribution in [0.5, 0.6) is 5.75 Å². The van der Waals surface area contributed by atoms with E-state index in [0.717, 1.165) is 11.3 Å². The van der Waals surface area contributed by atoms with Crippen LogP contribution in [0.4, 0.5) is 5.69 Å². The van der Waals surface area contributed by atoms with Gasteiger partial charge in [-0.2, -0.15) is 0 Å². The molecule has 9 nitrogen and oxygen atoms in total. The van der Waals surface area contributed by atoms with E-state index in [2.05, 4.69) is 10.0 Å². The summed E-state index contributed by atoms with van der Waals surface area (Å²) in [5, 5.41) is 7.71. The Morgan fingerprint density at radius 1 is 1.00 bits per heavy atom. The maximum absolute atomic E-state index is 12.6. The molecule has 4 N–H and O–H groups in total. The van der Waals surface area contributed by atoms with Gasteiger partial charge >= 0.3 is 0 Å². The van der Waals surface area contributed by atoms with Crippen LogP contribution in [-0.2, 0) is 26.6 Å². The van der Waals surface area contributed by atoms with Crippen LogP contribution in [-0.4, -0.2) is 29.9 Å². The highest BCUT2D eigenvalue weighted by molar-refractivity contribution is 7.92. The summed E-state index contributed by atoms with van der Waals surface area (Å²) in [7, 11) is -6.23. The Morgan fingerprint density at radius 3 is 2.29 bits per heavy atom. The number of ether oxygens (including phenoxy) is 1. The number of hydrogen-bond donors (Lipinski definition) is 3. The highest BCUT2D eigenvalue weighted by Gasteiger charge is 2.17. The van der Waals surface area contributed by atoms with Crippen LogP contribution >= 0.6 is 11.3 Å². The van der Waals surface area contributed by atoms with Crippen LogP contribution in [0.1, 0.15) is 15.2 Å². The fraction of sp³-hybridized carbons (Fsp3) is 0.105. The molecule has 0 spiro atoms. The third kappa shape index (κ3) is 5.61. The van der Waals surface area contributed by atoms with Gasteiger partial charge in [0.25, 0.3) is 15.9 Å². The van der Waals surface area contributed by atoms with Crippen molar-refractivity contribution in [3.05, 3.63) is 71.1 Å². The van der Waals surface area contributed by atoms with E-state index in [9.17, 15) is 21.6 Å². The van der Waals surface area contributed by atoms with Crippen molar-refractivity contribution in [1.29, 1.82) is 0 Å². The fourth-order valence-electron chi connectivity index (χ4n) is 2.59. The summed E-state index contributed by atoms with van der Waals surface area (Å²) in [6, 6.07) is 14.9. The molecule has 164 valence electrons. The molecule has 1 aromatic heterocycles. The first kappa shape index (κ1) is 22.7. The quantitative estimate of drug-likeness (QED) is 0.449. The Kier molecular flexibility index (Phi) is 6.65. The van der Waals surface area contributed by atoms with Gasteiger partial charge in [0.1, 0.15) is 9.96 Å². The zero-order chi connectivity index (χ0) is 22.6. The van der Waals surface area contributed by atoms with Crippen LogP contribution in [0.3, 0.4) is 0 Å². The van der Waals surface area contributed by atoms with Crippen LogP contribution in [0.2, 0.25) is 0 Å². The number of primary sulfonamides is 1. The number of methoxy groups -OCH3 is 1. The summed E-state index contributed by atoms with van der Waals surface area (Å²) in [5.41, 5.74) is 0.543. The molecular weight excluding hydrogens is 462 g/mol. The monoisotopic (exact) mass is 481 g/mol. The minimum absolute atomic E-state index is 0.00820. The summed E-state index contributed by atoms with van der Waals surface area (Å²) < 4.78 is 55.5. The SMILES string of the molecule is COc1ccccc1NS(=O)(=O)c1ccc(C(=O)NCc2ccc(S(N)(=O)=O)s2)cc1. The van der Waals surface area contributed by atoms with E-state index in [1.54, 1.807) is 30.3 Å². The van der Waals surface area contributed by atoms with Gasteiger partial charge in [-0.15, -0.1) is 11.3 Å². The molecule has 0 fully saturated rings. The first-order valence-electron chi connectivity index (χ1n) is 8.76. The number of sulfonamides is 2. The fourth-order valence-corrected chi connectivity index (χ4v) is 5.38. The Bertz CT molecular complexity index is 1300. The van der Waals surface area contributed by atoms with Crippen molar-refractivity contribution in [2.24, 2.45) is 5.14 Å². The average Bonchev–Trinajstić information content (AvgIpc) is 3.22. The Hall–Kier alpha value is -2.93. The normalized spacial score (nSPS) is 11.7. The summed E-state index contributed by atoms with van der Waals surface area (Å²) in [6.45, 7) is 0.106. The second-order valence-electron chi connectivity index (χ2n) is 6.28. The van der Waals surface area contributed by atoms with Gasteiger partial charge in [0.2, 0.25) is 10.0 Å². The van der Waals surface area contributed by atoms with E-state index < -0.39 is 26.0 Å². The molecule has 0 saturated carbocycles. The number of benzene rings is 2. The largest absolute Gasteiger partial charge is 0.495 e. The van der Waals surface area contributed by atoms with Crippen LogP contribution in [0.25, 0.3) is 0 Å². The lowest BCUT2D eigenvalue weighted by Crippen LogP contribution is -2.22. The number of para-hydroxylation sites is 2. The van der Waals surface area contributed by atoms with Gasteiger partial charge in [0.15, 0.2) is 0 Å². The van der Waals surface area contributed by atoms with Gasteiger partial charge in [-0.3, -0.25) is 9.52 Å². The number of nitrogens with two attached hydrogens (primary N) is 1. The van der Waals surface area contributed by atoms with E-state index in [1.807, 2.05) is 0 Å². The molecule has 2 aromatic carbocycles. The predicted molar refractivity (Wildman–Crippen MR) is 117 cm³/mol. The second-order valence-corrected chi connectivity index (χ2v) is 10.9. The van der Waals surface area contributed by atoms with E-state index >= 15 is 0 Å². The van der Waals surface area contributed by atoms with Gasteiger partial charge in [0, 0.05) is 10.4 Å². The number of carbonyl (C=O) groups excluding carboxylic acids is 1. The van der Waals surface area contributed by atoms with Crippen LogP contribution in [0.15, 0.2) is 69.8 Å². The highest BCUT2D eigenvalue weighted by Crippen LogP contribution is 2.26. The van der Waals surface area contributed by atoms with Gasteiger partial charge in [-0.25, -0.2) is 22.0 Å². The first-order chi connectivity index (χ1) is 14.6. The molecule has 0 radical (unpaired) electrons. The van der Waals surface area contributed by atoms with E-state index in [4.69, 9.17) is 9.88 Å². The van der Waals surface area contributed by atoms with Gasteiger partial charge in [-0.05, 0) is 48.5 Å². The van der Waals surface area contributed by atoms with Crippen molar-refractivity contribution in [3.63, 3.8) is 0 Å². The van der Waals surface area contributed by atoms with Crippen molar-refractivity contribution in [1.82, 2.24) is 5.32 Å². The molecule has 31 heavy (non-hydrogen) atoms. The zero-order valence-corrected chi connectivity index (χ0v) is 18.7. The number of rotatable bonds is 8. The van der Waals surface area contributed by atoms with Crippen molar-refractivity contribution < 1.29 is 26.4 Å². The summed E-state index contributed by atoms with van der Waals surface area (Å²) in [6.07, 6.45) is 0. The molecule has 1 amide bonds. The molecule has 3 rings (SSSR count). The number of hydrogen-bond acceptors (Lipinski definition) is 7. The number of thiophene rings is 1. The molecular formula is C19H19N3O6S3. The first-order valence-corrected chi connectivity index (χ1v) is 12.6. The minimum Gasteiger partial charge on any atom is -0.495 e. The molecule has 0 aliphatic rings. The molecule has 0 aliphatic carbocycles. The zero-order valence-electron chi connectivity index (χ0n) is 16.2. The van der Waals surface area contributed by atoms with Crippen molar-refractivity contribution >= 4 is 43.0 Å². The molecule has 0 bridgehead atoms. The van der Waals surface area contributed by atoms with Crippen LogP contribution in [0, 0.1) is 0 Å². The van der Waals surface area contributed by atoms with Gasteiger partial charge in [-0.1, -0.05) is 12.1 Å². The molecule has 0 aliphatic heterocycles. The number of carbonyl (C=O) groups is 1. The van der Waals surface area contributed by atoms with Crippen LogP contribution < -0.4 is 19.9 Å². The minimum atomic E-state index is -3.88. The van der Waals surface area contributed by atoms with Crippen molar-refractivity contribution in [2.75, 3.05) is 11.8 Å². The molecule has 1 heterocycles. The van der Waals surface area contributed by atoms with E-state index in [1.165, 1.54) is 37.4 Å². The summed E-state index contributed by atoms with van der Waals surface area (Å²) in [5.74, 6) is -0.0616. The molecule has 0 atom stereocenters. The Labute approximate surface area is 184 Å². The van der Waals surface area contributed by atoms with Crippen molar-refractivity contribution in [3.8, 4) is 5.75 Å². The summed E-state index contributed by atoms with van der Waals surface area (Å²) >= 11 is 0.961. The van der Waals surface area contributed by atoms with Gasteiger partial charge in [0.05, 0.1) is 24.2 Å². The van der Waals surface area contributed by atoms with Gasteiger partial charge < -0.3 is 10.1 Å². The van der Waals surface area contributed by atoms with Crippen molar-refractivity contribution in [2.45, 2.75) is 15.6 Å². The Morgan fingerprint density at radius 2 is 1.68 bits per heavy atom.